The standard InChI is InChI=1S/C19H29N3O3/c1-21-15-7-4-3-6-14(15)17(20-21)18(23)22-11-9-19(10-12-22)16(24-2)8-5-13-25-19/h16H,3-13H2,1-2H3/t16-/m0/s1. The minimum atomic E-state index is -0.201. The number of piperidine rings is 1. The first-order valence-corrected chi connectivity index (χ1v) is 9.65. The Morgan fingerprint density at radius 1 is 1.24 bits per heavy atom. The van der Waals surface area contributed by atoms with E-state index in [0.717, 1.165) is 64.6 Å². The van der Waals surface area contributed by atoms with Gasteiger partial charge >= 0.3 is 0 Å². The third-order valence-corrected chi connectivity index (χ3v) is 6.34. The molecule has 2 aliphatic heterocycles. The van der Waals surface area contributed by atoms with Crippen LogP contribution in [0.2, 0.25) is 0 Å². The Kier molecular flexibility index (Phi) is 4.58. The molecular formula is C19H29N3O3. The van der Waals surface area contributed by atoms with E-state index in [0.29, 0.717) is 5.69 Å². The molecule has 1 aromatic heterocycles. The van der Waals surface area contributed by atoms with Gasteiger partial charge in [-0.25, -0.2) is 0 Å². The number of ether oxygens (including phenoxy) is 2. The third kappa shape index (κ3) is 2.89. The van der Waals surface area contributed by atoms with E-state index in [1.807, 2.05) is 16.6 Å². The maximum Gasteiger partial charge on any atom is 0.274 e. The summed E-state index contributed by atoms with van der Waals surface area (Å²) in [5, 5.41) is 4.57. The van der Waals surface area contributed by atoms with Gasteiger partial charge in [-0.3, -0.25) is 9.48 Å². The van der Waals surface area contributed by atoms with E-state index in [2.05, 4.69) is 5.10 Å². The SMILES string of the molecule is CO[C@H]1CCCOC12CCN(C(=O)c1nn(C)c3c1CCCC3)CC2. The first-order valence-electron chi connectivity index (χ1n) is 9.65. The molecule has 6 heteroatoms. The summed E-state index contributed by atoms with van der Waals surface area (Å²) < 4.78 is 13.8. The summed E-state index contributed by atoms with van der Waals surface area (Å²) >= 11 is 0. The predicted octanol–water partition coefficient (Wildman–Crippen LogP) is 2.10. The highest BCUT2D eigenvalue weighted by atomic mass is 16.5. The van der Waals surface area contributed by atoms with E-state index >= 15 is 0 Å². The van der Waals surface area contributed by atoms with Gasteiger partial charge in [0.05, 0.1) is 11.7 Å². The molecule has 3 aliphatic rings. The van der Waals surface area contributed by atoms with Crippen molar-refractivity contribution in [2.45, 2.75) is 63.1 Å². The minimum Gasteiger partial charge on any atom is -0.378 e. The lowest BCUT2D eigenvalue weighted by atomic mass is 9.81. The van der Waals surface area contributed by atoms with Crippen LogP contribution in [0.15, 0.2) is 0 Å². The van der Waals surface area contributed by atoms with E-state index in [-0.39, 0.29) is 17.6 Å². The molecule has 0 saturated carbocycles. The van der Waals surface area contributed by atoms with Crippen molar-refractivity contribution >= 4 is 5.91 Å². The normalized spacial score (nSPS) is 25.8. The zero-order valence-corrected chi connectivity index (χ0v) is 15.4. The van der Waals surface area contributed by atoms with Crippen LogP contribution >= 0.6 is 0 Å². The van der Waals surface area contributed by atoms with Gasteiger partial charge in [-0.2, -0.15) is 5.10 Å². The van der Waals surface area contributed by atoms with Crippen molar-refractivity contribution in [3.63, 3.8) is 0 Å². The second kappa shape index (κ2) is 6.72. The fourth-order valence-electron chi connectivity index (χ4n) is 4.88. The monoisotopic (exact) mass is 347 g/mol. The largest absolute Gasteiger partial charge is 0.378 e. The molecule has 0 aromatic carbocycles. The summed E-state index contributed by atoms with van der Waals surface area (Å²) in [5.74, 6) is 0.0957. The number of likely N-dealkylation sites (tertiary alicyclic amines) is 1. The third-order valence-electron chi connectivity index (χ3n) is 6.34. The van der Waals surface area contributed by atoms with Crippen LogP contribution in [-0.2, 0) is 29.4 Å². The van der Waals surface area contributed by atoms with Crippen LogP contribution < -0.4 is 0 Å². The number of fused-ring (bicyclic) bond motifs is 1. The van der Waals surface area contributed by atoms with Crippen LogP contribution in [0.4, 0.5) is 0 Å². The van der Waals surface area contributed by atoms with Gasteiger partial charge in [0, 0.05) is 45.1 Å². The van der Waals surface area contributed by atoms with Gasteiger partial charge in [-0.15, -0.1) is 0 Å². The smallest absolute Gasteiger partial charge is 0.274 e. The number of rotatable bonds is 2. The Hall–Kier alpha value is -1.40. The number of aryl methyl sites for hydroxylation is 1. The zero-order valence-electron chi connectivity index (χ0n) is 15.4. The first kappa shape index (κ1) is 17.0. The molecule has 0 N–H and O–H groups in total. The number of aromatic nitrogens is 2. The molecule has 6 nitrogen and oxygen atoms in total. The summed E-state index contributed by atoms with van der Waals surface area (Å²) in [7, 11) is 3.74. The highest BCUT2D eigenvalue weighted by Gasteiger charge is 2.45. The number of hydrogen-bond donors (Lipinski definition) is 0. The van der Waals surface area contributed by atoms with Gasteiger partial charge in [0.2, 0.25) is 0 Å². The molecule has 1 aliphatic carbocycles. The molecule has 1 spiro atoms. The average Bonchev–Trinajstić information content (AvgIpc) is 2.99. The highest BCUT2D eigenvalue weighted by molar-refractivity contribution is 5.94. The van der Waals surface area contributed by atoms with Gasteiger partial charge in [-0.05, 0) is 51.4 Å². The Morgan fingerprint density at radius 3 is 2.76 bits per heavy atom. The van der Waals surface area contributed by atoms with Crippen molar-refractivity contribution in [1.82, 2.24) is 14.7 Å². The fraction of sp³-hybridized carbons (Fsp3) is 0.789. The van der Waals surface area contributed by atoms with Crippen LogP contribution in [0, 0.1) is 0 Å². The second-order valence-electron chi connectivity index (χ2n) is 7.68. The van der Waals surface area contributed by atoms with Gasteiger partial charge in [-0.1, -0.05) is 0 Å². The second-order valence-corrected chi connectivity index (χ2v) is 7.68. The quantitative estimate of drug-likeness (QED) is 0.822. The molecule has 0 radical (unpaired) electrons. The first-order chi connectivity index (χ1) is 12.1. The lowest BCUT2D eigenvalue weighted by molar-refractivity contribution is -0.183. The minimum absolute atomic E-state index is 0.0957. The number of carbonyl (C=O) groups is 1. The molecular weight excluding hydrogens is 318 g/mol. The molecule has 1 aromatic rings. The van der Waals surface area contributed by atoms with Crippen LogP contribution in [0.1, 0.15) is 60.3 Å². The van der Waals surface area contributed by atoms with Gasteiger partial charge in [0.15, 0.2) is 5.69 Å². The summed E-state index contributed by atoms with van der Waals surface area (Å²) in [5.41, 5.74) is 2.91. The van der Waals surface area contributed by atoms with E-state index < -0.39 is 0 Å². The number of nitrogens with zero attached hydrogens (tertiary/aromatic N) is 3. The zero-order chi connectivity index (χ0) is 17.4. The Bertz CT molecular complexity index is 647. The summed E-state index contributed by atoms with van der Waals surface area (Å²) in [6, 6.07) is 0. The number of carbonyl (C=O) groups excluding carboxylic acids is 1. The molecule has 0 bridgehead atoms. The van der Waals surface area contributed by atoms with E-state index in [4.69, 9.17) is 9.47 Å². The highest BCUT2D eigenvalue weighted by Crippen LogP contribution is 2.37. The molecule has 1 atom stereocenters. The number of methoxy groups -OCH3 is 1. The van der Waals surface area contributed by atoms with Gasteiger partial charge < -0.3 is 14.4 Å². The summed E-state index contributed by atoms with van der Waals surface area (Å²) in [6.07, 6.45) is 8.35. The number of hydrogen-bond acceptors (Lipinski definition) is 4. The van der Waals surface area contributed by atoms with E-state index in [1.165, 1.54) is 17.7 Å². The van der Waals surface area contributed by atoms with Gasteiger partial charge in [0.1, 0.15) is 0 Å². The van der Waals surface area contributed by atoms with Crippen molar-refractivity contribution in [3.05, 3.63) is 17.0 Å². The van der Waals surface area contributed by atoms with Gasteiger partial charge in [0.25, 0.3) is 5.91 Å². The fourth-order valence-corrected chi connectivity index (χ4v) is 4.88. The van der Waals surface area contributed by atoms with Crippen molar-refractivity contribution in [2.24, 2.45) is 7.05 Å². The molecule has 2 fully saturated rings. The topological polar surface area (TPSA) is 56.6 Å². The Balaban J connectivity index is 1.49. The molecule has 3 heterocycles. The molecule has 4 rings (SSSR count). The maximum absolute atomic E-state index is 13.1. The Morgan fingerprint density at radius 2 is 2.00 bits per heavy atom. The molecule has 0 unspecified atom stereocenters. The lowest BCUT2D eigenvalue weighted by Crippen LogP contribution is -2.56. The molecule has 2 saturated heterocycles. The Labute approximate surface area is 149 Å². The van der Waals surface area contributed by atoms with E-state index in [9.17, 15) is 4.79 Å². The van der Waals surface area contributed by atoms with E-state index in [1.54, 1.807) is 7.11 Å². The maximum atomic E-state index is 13.1. The van der Waals surface area contributed by atoms with Crippen LogP contribution in [-0.4, -0.2) is 59.1 Å². The number of amides is 1. The summed E-state index contributed by atoms with van der Waals surface area (Å²) in [4.78, 5) is 15.1. The predicted molar refractivity (Wildman–Crippen MR) is 93.7 cm³/mol. The average molecular weight is 347 g/mol. The van der Waals surface area contributed by atoms with Crippen LogP contribution in [0.5, 0.6) is 0 Å². The van der Waals surface area contributed by atoms with Crippen molar-refractivity contribution in [2.75, 3.05) is 26.8 Å². The molecule has 1 amide bonds. The molecule has 138 valence electrons. The van der Waals surface area contributed by atoms with Crippen LogP contribution in [0.25, 0.3) is 0 Å². The molecule has 25 heavy (non-hydrogen) atoms. The van der Waals surface area contributed by atoms with Crippen molar-refractivity contribution in [1.29, 1.82) is 0 Å². The lowest BCUT2D eigenvalue weighted by Gasteiger charge is -2.47. The van der Waals surface area contributed by atoms with Crippen molar-refractivity contribution < 1.29 is 14.3 Å². The van der Waals surface area contributed by atoms with Crippen molar-refractivity contribution in [3.8, 4) is 0 Å². The summed E-state index contributed by atoms with van der Waals surface area (Å²) in [6.45, 7) is 2.26. The van der Waals surface area contributed by atoms with Crippen LogP contribution in [0.3, 0.4) is 0 Å².